The highest BCUT2D eigenvalue weighted by atomic mass is 16.3. The summed E-state index contributed by atoms with van der Waals surface area (Å²) in [5.74, 6) is 0.456. The van der Waals surface area contributed by atoms with E-state index in [4.69, 9.17) is 5.11 Å². The monoisotopic (exact) mass is 214 g/mol. The van der Waals surface area contributed by atoms with Crippen molar-refractivity contribution < 1.29 is 9.90 Å². The first-order chi connectivity index (χ1) is 6.99. The van der Waals surface area contributed by atoms with Crippen LogP contribution in [-0.4, -0.2) is 35.7 Å². The molecule has 0 aromatic carbocycles. The topological polar surface area (TPSA) is 61.4 Å². The Bertz CT molecular complexity index is 225. The number of hydrogen-bond donors (Lipinski definition) is 3. The van der Waals surface area contributed by atoms with E-state index < -0.39 is 0 Å². The molecule has 1 atom stereocenters. The SMILES string of the molecule is CC(C)C(C)NC(=O)CNC1(CO)CC1. The zero-order valence-electron chi connectivity index (χ0n) is 9.84. The van der Waals surface area contributed by atoms with E-state index in [1.807, 2.05) is 6.92 Å². The van der Waals surface area contributed by atoms with Crippen molar-refractivity contribution in [3.8, 4) is 0 Å². The molecule has 4 nitrogen and oxygen atoms in total. The van der Waals surface area contributed by atoms with Gasteiger partial charge in [0.15, 0.2) is 0 Å². The molecule has 1 fully saturated rings. The van der Waals surface area contributed by atoms with Gasteiger partial charge in [0.1, 0.15) is 0 Å². The van der Waals surface area contributed by atoms with Crippen LogP contribution in [0.3, 0.4) is 0 Å². The molecular formula is C11H22N2O2. The normalized spacial score (nSPS) is 20.1. The number of carbonyl (C=O) groups is 1. The van der Waals surface area contributed by atoms with Crippen molar-refractivity contribution in [1.29, 1.82) is 0 Å². The average molecular weight is 214 g/mol. The van der Waals surface area contributed by atoms with Crippen LogP contribution in [-0.2, 0) is 4.79 Å². The number of aliphatic hydroxyl groups is 1. The van der Waals surface area contributed by atoms with Crippen LogP contribution in [0, 0.1) is 5.92 Å². The van der Waals surface area contributed by atoms with Gasteiger partial charge in [-0.15, -0.1) is 0 Å². The molecule has 3 N–H and O–H groups in total. The summed E-state index contributed by atoms with van der Waals surface area (Å²) in [7, 11) is 0. The summed E-state index contributed by atoms with van der Waals surface area (Å²) in [5, 5.41) is 15.1. The quantitative estimate of drug-likeness (QED) is 0.594. The molecule has 0 saturated heterocycles. The molecule has 15 heavy (non-hydrogen) atoms. The summed E-state index contributed by atoms with van der Waals surface area (Å²) < 4.78 is 0. The smallest absolute Gasteiger partial charge is 0.234 e. The van der Waals surface area contributed by atoms with Gasteiger partial charge in [0.25, 0.3) is 0 Å². The van der Waals surface area contributed by atoms with Gasteiger partial charge in [-0.05, 0) is 25.7 Å². The van der Waals surface area contributed by atoms with Gasteiger partial charge in [0, 0.05) is 11.6 Å². The summed E-state index contributed by atoms with van der Waals surface area (Å²) in [6.07, 6.45) is 1.94. The predicted molar refractivity (Wildman–Crippen MR) is 59.5 cm³/mol. The second kappa shape index (κ2) is 4.94. The van der Waals surface area contributed by atoms with Crippen molar-refractivity contribution in [2.24, 2.45) is 5.92 Å². The van der Waals surface area contributed by atoms with Crippen LogP contribution in [0.4, 0.5) is 0 Å². The Labute approximate surface area is 91.4 Å². The Kier molecular flexibility index (Phi) is 4.11. The van der Waals surface area contributed by atoms with Crippen LogP contribution in [0.2, 0.25) is 0 Å². The summed E-state index contributed by atoms with van der Waals surface area (Å²) in [4.78, 5) is 11.5. The molecule has 1 rings (SSSR count). The van der Waals surface area contributed by atoms with E-state index in [2.05, 4.69) is 24.5 Å². The maximum atomic E-state index is 11.5. The Balaban J connectivity index is 2.19. The van der Waals surface area contributed by atoms with Crippen LogP contribution < -0.4 is 10.6 Å². The Morgan fingerprint density at radius 1 is 1.40 bits per heavy atom. The molecular weight excluding hydrogens is 192 g/mol. The molecule has 1 aliphatic rings. The minimum absolute atomic E-state index is 0.0101. The number of aliphatic hydroxyl groups excluding tert-OH is 1. The van der Waals surface area contributed by atoms with Gasteiger partial charge in [-0.1, -0.05) is 13.8 Å². The summed E-state index contributed by atoms with van der Waals surface area (Å²) in [6, 6.07) is 0.198. The van der Waals surface area contributed by atoms with Gasteiger partial charge in [-0.3, -0.25) is 4.79 Å². The van der Waals surface area contributed by atoms with Gasteiger partial charge < -0.3 is 15.7 Å². The van der Waals surface area contributed by atoms with Crippen molar-refractivity contribution in [2.75, 3.05) is 13.2 Å². The molecule has 0 heterocycles. The molecule has 0 radical (unpaired) electrons. The Morgan fingerprint density at radius 3 is 2.40 bits per heavy atom. The first kappa shape index (κ1) is 12.5. The van der Waals surface area contributed by atoms with Gasteiger partial charge in [-0.2, -0.15) is 0 Å². The molecule has 0 aromatic heterocycles. The van der Waals surface area contributed by atoms with Gasteiger partial charge >= 0.3 is 0 Å². The first-order valence-electron chi connectivity index (χ1n) is 5.64. The molecule has 0 spiro atoms. The molecule has 88 valence electrons. The molecule has 1 amide bonds. The van der Waals surface area contributed by atoms with Crippen molar-refractivity contribution in [3.05, 3.63) is 0 Å². The number of rotatable bonds is 6. The van der Waals surface area contributed by atoms with Crippen LogP contribution in [0.1, 0.15) is 33.6 Å². The lowest BCUT2D eigenvalue weighted by Gasteiger charge is -2.19. The largest absolute Gasteiger partial charge is 0.394 e. The molecule has 1 unspecified atom stereocenters. The fourth-order valence-electron chi connectivity index (χ4n) is 1.28. The van der Waals surface area contributed by atoms with Gasteiger partial charge in [-0.25, -0.2) is 0 Å². The maximum Gasteiger partial charge on any atom is 0.234 e. The lowest BCUT2D eigenvalue weighted by atomic mass is 10.1. The standard InChI is InChI=1S/C11H22N2O2/c1-8(2)9(3)13-10(15)6-12-11(7-14)4-5-11/h8-9,12,14H,4-7H2,1-3H3,(H,13,15). The highest BCUT2D eigenvalue weighted by Crippen LogP contribution is 2.34. The van der Waals surface area contributed by atoms with Crippen molar-refractivity contribution in [2.45, 2.75) is 45.2 Å². The Morgan fingerprint density at radius 2 is 2.00 bits per heavy atom. The third kappa shape index (κ3) is 3.80. The van der Waals surface area contributed by atoms with E-state index in [-0.39, 0.29) is 24.1 Å². The molecule has 4 heteroatoms. The number of carbonyl (C=O) groups excluding carboxylic acids is 1. The van der Waals surface area contributed by atoms with E-state index in [1.165, 1.54) is 0 Å². The fourth-order valence-corrected chi connectivity index (χ4v) is 1.28. The van der Waals surface area contributed by atoms with Crippen LogP contribution in [0.25, 0.3) is 0 Å². The van der Waals surface area contributed by atoms with E-state index in [0.29, 0.717) is 12.5 Å². The minimum atomic E-state index is -0.154. The van der Waals surface area contributed by atoms with Crippen LogP contribution in [0.5, 0.6) is 0 Å². The van der Waals surface area contributed by atoms with Crippen molar-refractivity contribution in [1.82, 2.24) is 10.6 Å². The summed E-state index contributed by atoms with van der Waals surface area (Å²) >= 11 is 0. The molecule has 0 aromatic rings. The predicted octanol–water partition coefficient (Wildman–Crippen LogP) is 0.262. The highest BCUT2D eigenvalue weighted by Gasteiger charge is 2.41. The van der Waals surface area contributed by atoms with Gasteiger partial charge in [0.2, 0.25) is 5.91 Å². The van der Waals surface area contributed by atoms with E-state index in [1.54, 1.807) is 0 Å². The zero-order chi connectivity index (χ0) is 11.5. The van der Waals surface area contributed by atoms with E-state index >= 15 is 0 Å². The van der Waals surface area contributed by atoms with Crippen LogP contribution in [0.15, 0.2) is 0 Å². The maximum absolute atomic E-state index is 11.5. The highest BCUT2D eigenvalue weighted by molar-refractivity contribution is 5.78. The third-order valence-electron chi connectivity index (χ3n) is 3.17. The number of amides is 1. The third-order valence-corrected chi connectivity index (χ3v) is 3.17. The number of nitrogens with one attached hydrogen (secondary N) is 2. The molecule has 1 saturated carbocycles. The summed E-state index contributed by atoms with van der Waals surface area (Å²) in [5.41, 5.74) is -0.154. The minimum Gasteiger partial charge on any atom is -0.394 e. The lowest BCUT2D eigenvalue weighted by Crippen LogP contribution is -2.45. The molecule has 0 bridgehead atoms. The second-order valence-corrected chi connectivity index (χ2v) is 4.89. The zero-order valence-corrected chi connectivity index (χ0v) is 9.84. The van der Waals surface area contributed by atoms with E-state index in [0.717, 1.165) is 12.8 Å². The number of hydrogen-bond acceptors (Lipinski definition) is 3. The fraction of sp³-hybridized carbons (Fsp3) is 0.909. The van der Waals surface area contributed by atoms with Crippen molar-refractivity contribution in [3.63, 3.8) is 0 Å². The average Bonchev–Trinajstić information content (AvgIpc) is 2.95. The molecule has 0 aliphatic heterocycles. The van der Waals surface area contributed by atoms with Crippen LogP contribution >= 0.6 is 0 Å². The lowest BCUT2D eigenvalue weighted by molar-refractivity contribution is -0.121. The molecule has 1 aliphatic carbocycles. The van der Waals surface area contributed by atoms with E-state index in [9.17, 15) is 4.79 Å². The second-order valence-electron chi connectivity index (χ2n) is 4.89. The Hall–Kier alpha value is -0.610. The van der Waals surface area contributed by atoms with Crippen molar-refractivity contribution >= 4 is 5.91 Å². The first-order valence-corrected chi connectivity index (χ1v) is 5.64. The summed E-state index contributed by atoms with van der Waals surface area (Å²) in [6.45, 7) is 6.59. The van der Waals surface area contributed by atoms with Gasteiger partial charge in [0.05, 0.1) is 13.2 Å².